The molecule has 0 amide bonds. The summed E-state index contributed by atoms with van der Waals surface area (Å²) >= 11 is 0. The van der Waals surface area contributed by atoms with Gasteiger partial charge in [0.15, 0.2) is 0 Å². The molecule has 2 N–H and O–H groups in total. The van der Waals surface area contributed by atoms with Crippen molar-refractivity contribution in [1.29, 1.82) is 0 Å². The smallest absolute Gasteiger partial charge is 0.0376 e. The summed E-state index contributed by atoms with van der Waals surface area (Å²) in [5.41, 5.74) is 4.23. The number of aryl methyl sites for hydroxylation is 1. The van der Waals surface area contributed by atoms with E-state index in [0.29, 0.717) is 5.92 Å². The summed E-state index contributed by atoms with van der Waals surface area (Å²) in [5, 5.41) is 6.69. The fourth-order valence-electron chi connectivity index (χ4n) is 2.31. The number of hydrogen-bond acceptors (Lipinski definition) is 2. The van der Waals surface area contributed by atoms with Crippen molar-refractivity contribution in [3.05, 3.63) is 29.3 Å². The van der Waals surface area contributed by atoms with E-state index in [1.54, 1.807) is 0 Å². The molecule has 15 heavy (non-hydrogen) atoms. The first-order valence-corrected chi connectivity index (χ1v) is 5.80. The third kappa shape index (κ3) is 2.32. The Balaban J connectivity index is 2.03. The topological polar surface area (TPSA) is 24.1 Å². The van der Waals surface area contributed by atoms with Gasteiger partial charge >= 0.3 is 0 Å². The standard InChI is InChI=1S/C13H20N2/c1-10-5-6-13-12(8-10)11(9-15-13)4-3-7-14-2/h5-6,8,11,14-15H,3-4,7,9H2,1-2H3. The molecular weight excluding hydrogens is 184 g/mol. The molecule has 1 aromatic rings. The Hall–Kier alpha value is -1.02. The first kappa shape index (κ1) is 10.5. The summed E-state index contributed by atoms with van der Waals surface area (Å²) in [6.07, 6.45) is 2.54. The Labute approximate surface area is 92.1 Å². The van der Waals surface area contributed by atoms with E-state index in [1.807, 2.05) is 7.05 Å². The number of benzene rings is 1. The van der Waals surface area contributed by atoms with Crippen molar-refractivity contribution in [3.8, 4) is 0 Å². The highest BCUT2D eigenvalue weighted by atomic mass is 14.9. The van der Waals surface area contributed by atoms with Gasteiger partial charge in [-0.05, 0) is 45.0 Å². The second-order valence-corrected chi connectivity index (χ2v) is 4.41. The minimum atomic E-state index is 0.716. The van der Waals surface area contributed by atoms with E-state index in [0.717, 1.165) is 13.1 Å². The number of nitrogens with one attached hydrogen (secondary N) is 2. The molecule has 0 radical (unpaired) electrons. The van der Waals surface area contributed by atoms with Crippen LogP contribution in [0.2, 0.25) is 0 Å². The number of fused-ring (bicyclic) bond motifs is 1. The Kier molecular flexibility index (Phi) is 3.27. The molecule has 1 aromatic carbocycles. The van der Waals surface area contributed by atoms with Gasteiger partial charge in [0, 0.05) is 18.2 Å². The van der Waals surface area contributed by atoms with Crippen LogP contribution in [0.15, 0.2) is 18.2 Å². The molecule has 1 aliphatic rings. The first-order chi connectivity index (χ1) is 7.31. The molecule has 0 spiro atoms. The monoisotopic (exact) mass is 204 g/mol. The lowest BCUT2D eigenvalue weighted by molar-refractivity contribution is 0.606. The summed E-state index contributed by atoms with van der Waals surface area (Å²) in [6, 6.07) is 6.73. The molecule has 1 aliphatic heterocycles. The zero-order valence-electron chi connectivity index (χ0n) is 9.64. The Morgan fingerprint density at radius 1 is 1.47 bits per heavy atom. The zero-order chi connectivity index (χ0) is 10.7. The van der Waals surface area contributed by atoms with Gasteiger partial charge in [-0.3, -0.25) is 0 Å². The van der Waals surface area contributed by atoms with Crippen molar-refractivity contribution in [2.75, 3.05) is 25.5 Å². The van der Waals surface area contributed by atoms with Gasteiger partial charge < -0.3 is 10.6 Å². The quantitative estimate of drug-likeness (QED) is 0.736. The Morgan fingerprint density at radius 2 is 2.33 bits per heavy atom. The van der Waals surface area contributed by atoms with Crippen molar-refractivity contribution in [1.82, 2.24) is 5.32 Å². The maximum absolute atomic E-state index is 3.48. The largest absolute Gasteiger partial charge is 0.384 e. The lowest BCUT2D eigenvalue weighted by Crippen LogP contribution is -2.10. The van der Waals surface area contributed by atoms with Crippen molar-refractivity contribution >= 4 is 5.69 Å². The van der Waals surface area contributed by atoms with Crippen LogP contribution in [0.5, 0.6) is 0 Å². The van der Waals surface area contributed by atoms with Gasteiger partial charge in [-0.1, -0.05) is 17.7 Å². The molecule has 0 fully saturated rings. The molecular formula is C13H20N2. The van der Waals surface area contributed by atoms with Crippen molar-refractivity contribution in [3.63, 3.8) is 0 Å². The molecule has 0 saturated heterocycles. The van der Waals surface area contributed by atoms with E-state index in [1.165, 1.54) is 29.7 Å². The maximum atomic E-state index is 3.48. The SMILES string of the molecule is CNCCCC1CNc2ccc(C)cc21. The van der Waals surface area contributed by atoms with Crippen LogP contribution in [0.3, 0.4) is 0 Å². The van der Waals surface area contributed by atoms with Crippen molar-refractivity contribution in [2.24, 2.45) is 0 Å². The van der Waals surface area contributed by atoms with E-state index in [2.05, 4.69) is 35.8 Å². The summed E-state index contributed by atoms with van der Waals surface area (Å²) < 4.78 is 0. The minimum Gasteiger partial charge on any atom is -0.384 e. The molecule has 2 rings (SSSR count). The van der Waals surface area contributed by atoms with Crippen LogP contribution in [-0.4, -0.2) is 20.1 Å². The van der Waals surface area contributed by atoms with E-state index in [-0.39, 0.29) is 0 Å². The minimum absolute atomic E-state index is 0.716. The fraction of sp³-hybridized carbons (Fsp3) is 0.538. The normalized spacial score (nSPS) is 18.7. The van der Waals surface area contributed by atoms with Crippen LogP contribution in [0.4, 0.5) is 5.69 Å². The van der Waals surface area contributed by atoms with Crippen LogP contribution >= 0.6 is 0 Å². The summed E-state index contributed by atoms with van der Waals surface area (Å²) in [4.78, 5) is 0. The first-order valence-electron chi connectivity index (χ1n) is 5.80. The van der Waals surface area contributed by atoms with Gasteiger partial charge in [0.2, 0.25) is 0 Å². The average molecular weight is 204 g/mol. The molecule has 1 atom stereocenters. The van der Waals surface area contributed by atoms with Crippen LogP contribution in [0.25, 0.3) is 0 Å². The van der Waals surface area contributed by atoms with Crippen molar-refractivity contribution < 1.29 is 0 Å². The van der Waals surface area contributed by atoms with Gasteiger partial charge in [0.05, 0.1) is 0 Å². The van der Waals surface area contributed by atoms with Crippen LogP contribution in [0.1, 0.15) is 29.9 Å². The van der Waals surface area contributed by atoms with Crippen molar-refractivity contribution in [2.45, 2.75) is 25.7 Å². The molecule has 82 valence electrons. The highest BCUT2D eigenvalue weighted by molar-refractivity contribution is 5.58. The van der Waals surface area contributed by atoms with E-state index < -0.39 is 0 Å². The van der Waals surface area contributed by atoms with E-state index in [9.17, 15) is 0 Å². The number of hydrogen-bond donors (Lipinski definition) is 2. The highest BCUT2D eigenvalue weighted by Crippen LogP contribution is 2.34. The second-order valence-electron chi connectivity index (χ2n) is 4.41. The predicted molar refractivity (Wildman–Crippen MR) is 65.6 cm³/mol. The Morgan fingerprint density at radius 3 is 3.13 bits per heavy atom. The number of rotatable bonds is 4. The van der Waals surface area contributed by atoms with Gasteiger partial charge in [-0.2, -0.15) is 0 Å². The van der Waals surface area contributed by atoms with Gasteiger partial charge in [-0.15, -0.1) is 0 Å². The van der Waals surface area contributed by atoms with E-state index in [4.69, 9.17) is 0 Å². The summed E-state index contributed by atoms with van der Waals surface area (Å²) in [6.45, 7) is 4.41. The van der Waals surface area contributed by atoms with E-state index >= 15 is 0 Å². The van der Waals surface area contributed by atoms with Gasteiger partial charge in [0.1, 0.15) is 0 Å². The Bertz CT molecular complexity index is 333. The third-order valence-corrected chi connectivity index (χ3v) is 3.17. The zero-order valence-corrected chi connectivity index (χ0v) is 9.64. The average Bonchev–Trinajstić information content (AvgIpc) is 2.62. The summed E-state index contributed by atoms with van der Waals surface area (Å²) in [5.74, 6) is 0.716. The lowest BCUT2D eigenvalue weighted by atomic mass is 9.95. The lowest BCUT2D eigenvalue weighted by Gasteiger charge is -2.10. The molecule has 2 heteroatoms. The molecule has 1 unspecified atom stereocenters. The second kappa shape index (κ2) is 4.67. The van der Waals surface area contributed by atoms with Gasteiger partial charge in [-0.25, -0.2) is 0 Å². The molecule has 1 heterocycles. The van der Waals surface area contributed by atoms with Crippen LogP contribution in [-0.2, 0) is 0 Å². The fourth-order valence-corrected chi connectivity index (χ4v) is 2.31. The predicted octanol–water partition coefficient (Wildman–Crippen LogP) is 2.50. The number of anilines is 1. The molecule has 0 aromatic heterocycles. The summed E-state index contributed by atoms with van der Waals surface area (Å²) in [7, 11) is 2.02. The maximum Gasteiger partial charge on any atom is 0.0376 e. The molecule has 0 aliphatic carbocycles. The van der Waals surface area contributed by atoms with Crippen LogP contribution < -0.4 is 10.6 Å². The molecule has 0 bridgehead atoms. The molecule has 2 nitrogen and oxygen atoms in total. The van der Waals surface area contributed by atoms with Gasteiger partial charge in [0.25, 0.3) is 0 Å². The highest BCUT2D eigenvalue weighted by Gasteiger charge is 2.21. The third-order valence-electron chi connectivity index (χ3n) is 3.17. The van der Waals surface area contributed by atoms with Crippen LogP contribution in [0, 0.1) is 6.92 Å². The molecule has 0 saturated carbocycles.